The lowest BCUT2D eigenvalue weighted by Crippen LogP contribution is -2.37. The Bertz CT molecular complexity index is 341. The van der Waals surface area contributed by atoms with Gasteiger partial charge in [0.15, 0.2) is 0 Å². The van der Waals surface area contributed by atoms with E-state index in [1.807, 2.05) is 18.2 Å². The van der Waals surface area contributed by atoms with Crippen LogP contribution in [0.3, 0.4) is 0 Å². The SMILES string of the molecule is COCC1CCCN(c2cccc(N)n2)C1. The minimum absolute atomic E-state index is 0.589. The summed E-state index contributed by atoms with van der Waals surface area (Å²) in [6.45, 7) is 2.92. The van der Waals surface area contributed by atoms with Crippen LogP contribution in [0.5, 0.6) is 0 Å². The Labute approximate surface area is 96.4 Å². The van der Waals surface area contributed by atoms with Crippen molar-refractivity contribution in [3.63, 3.8) is 0 Å². The van der Waals surface area contributed by atoms with Gasteiger partial charge in [-0.1, -0.05) is 6.07 Å². The fraction of sp³-hybridized carbons (Fsp3) is 0.583. The number of nitrogens with two attached hydrogens (primary N) is 1. The van der Waals surface area contributed by atoms with Gasteiger partial charge in [-0.05, 0) is 30.9 Å². The average Bonchev–Trinajstić information content (AvgIpc) is 2.30. The largest absolute Gasteiger partial charge is 0.384 e. The monoisotopic (exact) mass is 221 g/mol. The maximum absolute atomic E-state index is 5.70. The molecule has 4 heteroatoms. The van der Waals surface area contributed by atoms with Crippen LogP contribution in [0.15, 0.2) is 18.2 Å². The minimum atomic E-state index is 0.589. The standard InChI is InChI=1S/C12H19N3O/c1-16-9-10-4-3-7-15(8-10)12-6-2-5-11(13)14-12/h2,5-6,10H,3-4,7-9H2,1H3,(H2,13,14). The third kappa shape index (κ3) is 2.64. The quantitative estimate of drug-likeness (QED) is 0.841. The first kappa shape index (κ1) is 11.2. The number of methoxy groups -OCH3 is 1. The molecule has 0 aromatic carbocycles. The second-order valence-electron chi connectivity index (χ2n) is 4.33. The van der Waals surface area contributed by atoms with Gasteiger partial charge in [0.25, 0.3) is 0 Å². The molecule has 2 rings (SSSR count). The molecule has 88 valence electrons. The van der Waals surface area contributed by atoms with Crippen LogP contribution in [0.1, 0.15) is 12.8 Å². The predicted octanol–water partition coefficient (Wildman–Crippen LogP) is 1.53. The average molecular weight is 221 g/mol. The summed E-state index contributed by atoms with van der Waals surface area (Å²) in [7, 11) is 1.76. The summed E-state index contributed by atoms with van der Waals surface area (Å²) in [5, 5.41) is 0. The summed E-state index contributed by atoms with van der Waals surface area (Å²) in [5.74, 6) is 2.19. The van der Waals surface area contributed by atoms with E-state index in [4.69, 9.17) is 10.5 Å². The van der Waals surface area contributed by atoms with Gasteiger partial charge in [0.2, 0.25) is 0 Å². The topological polar surface area (TPSA) is 51.4 Å². The normalized spacial score (nSPS) is 21.1. The molecule has 0 saturated carbocycles. The first-order chi connectivity index (χ1) is 7.79. The van der Waals surface area contributed by atoms with Gasteiger partial charge in [-0.25, -0.2) is 4.98 Å². The van der Waals surface area contributed by atoms with Gasteiger partial charge >= 0.3 is 0 Å². The van der Waals surface area contributed by atoms with Crippen LogP contribution >= 0.6 is 0 Å². The highest BCUT2D eigenvalue weighted by Gasteiger charge is 2.20. The van der Waals surface area contributed by atoms with E-state index in [1.54, 1.807) is 7.11 Å². The molecule has 16 heavy (non-hydrogen) atoms. The van der Waals surface area contributed by atoms with Crippen molar-refractivity contribution in [3.05, 3.63) is 18.2 Å². The first-order valence-electron chi connectivity index (χ1n) is 5.76. The Balaban J connectivity index is 2.03. The van der Waals surface area contributed by atoms with Crippen molar-refractivity contribution in [2.75, 3.05) is 37.4 Å². The predicted molar refractivity (Wildman–Crippen MR) is 65.5 cm³/mol. The number of rotatable bonds is 3. The molecule has 0 radical (unpaired) electrons. The van der Waals surface area contributed by atoms with Gasteiger partial charge < -0.3 is 15.4 Å². The zero-order valence-corrected chi connectivity index (χ0v) is 9.72. The lowest BCUT2D eigenvalue weighted by molar-refractivity contribution is 0.143. The molecule has 1 aliphatic heterocycles. The van der Waals surface area contributed by atoms with E-state index < -0.39 is 0 Å². The molecule has 1 saturated heterocycles. The van der Waals surface area contributed by atoms with E-state index in [9.17, 15) is 0 Å². The van der Waals surface area contributed by atoms with Gasteiger partial charge in [-0.3, -0.25) is 0 Å². The van der Waals surface area contributed by atoms with Crippen molar-refractivity contribution in [2.24, 2.45) is 5.92 Å². The Kier molecular flexibility index (Phi) is 3.62. The fourth-order valence-electron chi connectivity index (χ4n) is 2.26. The molecular weight excluding hydrogens is 202 g/mol. The van der Waals surface area contributed by atoms with E-state index in [0.29, 0.717) is 11.7 Å². The van der Waals surface area contributed by atoms with Gasteiger partial charge in [-0.2, -0.15) is 0 Å². The number of pyridine rings is 1. The van der Waals surface area contributed by atoms with E-state index in [2.05, 4.69) is 9.88 Å². The maximum atomic E-state index is 5.70. The zero-order valence-electron chi connectivity index (χ0n) is 9.72. The molecule has 0 bridgehead atoms. The van der Waals surface area contributed by atoms with Crippen molar-refractivity contribution < 1.29 is 4.74 Å². The number of nitrogens with zero attached hydrogens (tertiary/aromatic N) is 2. The van der Waals surface area contributed by atoms with Crippen molar-refractivity contribution in [2.45, 2.75) is 12.8 Å². The molecular formula is C12H19N3O. The number of piperidine rings is 1. The molecule has 1 unspecified atom stereocenters. The Morgan fingerprint density at radius 3 is 3.19 bits per heavy atom. The molecule has 0 amide bonds. The Hall–Kier alpha value is -1.29. The van der Waals surface area contributed by atoms with E-state index >= 15 is 0 Å². The van der Waals surface area contributed by atoms with E-state index in [-0.39, 0.29) is 0 Å². The summed E-state index contributed by atoms with van der Waals surface area (Å²) in [4.78, 5) is 6.65. The summed E-state index contributed by atoms with van der Waals surface area (Å²) >= 11 is 0. The van der Waals surface area contributed by atoms with E-state index in [1.165, 1.54) is 12.8 Å². The van der Waals surface area contributed by atoms with Crippen molar-refractivity contribution in [1.29, 1.82) is 0 Å². The molecule has 1 aromatic heterocycles. The van der Waals surface area contributed by atoms with Crippen LogP contribution in [0.2, 0.25) is 0 Å². The van der Waals surface area contributed by atoms with Crippen LogP contribution in [-0.2, 0) is 4.74 Å². The molecule has 0 aliphatic carbocycles. The maximum Gasteiger partial charge on any atom is 0.130 e. The van der Waals surface area contributed by atoms with Gasteiger partial charge in [0.05, 0.1) is 6.61 Å². The second kappa shape index (κ2) is 5.16. The third-order valence-electron chi connectivity index (χ3n) is 3.00. The number of aromatic nitrogens is 1. The fourth-order valence-corrected chi connectivity index (χ4v) is 2.26. The number of hydrogen-bond acceptors (Lipinski definition) is 4. The van der Waals surface area contributed by atoms with Crippen LogP contribution in [0.4, 0.5) is 11.6 Å². The van der Waals surface area contributed by atoms with Crippen molar-refractivity contribution >= 4 is 11.6 Å². The summed E-state index contributed by atoms with van der Waals surface area (Å²) in [5.41, 5.74) is 5.70. The number of hydrogen-bond donors (Lipinski definition) is 1. The van der Waals surface area contributed by atoms with E-state index in [0.717, 1.165) is 25.5 Å². The first-order valence-corrected chi connectivity index (χ1v) is 5.76. The lowest BCUT2D eigenvalue weighted by atomic mass is 9.99. The van der Waals surface area contributed by atoms with Crippen LogP contribution in [0, 0.1) is 5.92 Å². The molecule has 4 nitrogen and oxygen atoms in total. The van der Waals surface area contributed by atoms with Crippen LogP contribution in [0.25, 0.3) is 0 Å². The lowest BCUT2D eigenvalue weighted by Gasteiger charge is -2.33. The smallest absolute Gasteiger partial charge is 0.130 e. The Morgan fingerprint density at radius 1 is 1.56 bits per heavy atom. The summed E-state index contributed by atoms with van der Waals surface area (Å²) in [6.07, 6.45) is 2.44. The van der Waals surface area contributed by atoms with Crippen LogP contribution in [-0.4, -0.2) is 31.8 Å². The second-order valence-corrected chi connectivity index (χ2v) is 4.33. The van der Waals surface area contributed by atoms with Gasteiger partial charge in [-0.15, -0.1) is 0 Å². The highest BCUT2D eigenvalue weighted by Crippen LogP contribution is 2.22. The number of anilines is 2. The highest BCUT2D eigenvalue weighted by atomic mass is 16.5. The molecule has 1 aliphatic rings. The minimum Gasteiger partial charge on any atom is -0.384 e. The number of nitrogen functional groups attached to an aromatic ring is 1. The number of ether oxygens (including phenoxy) is 1. The van der Waals surface area contributed by atoms with Crippen molar-refractivity contribution in [1.82, 2.24) is 4.98 Å². The zero-order chi connectivity index (χ0) is 11.4. The molecule has 1 aromatic rings. The molecule has 0 spiro atoms. The van der Waals surface area contributed by atoms with Gasteiger partial charge in [0.1, 0.15) is 11.6 Å². The molecule has 2 heterocycles. The summed E-state index contributed by atoms with van der Waals surface area (Å²) in [6, 6.07) is 5.79. The Morgan fingerprint density at radius 2 is 2.44 bits per heavy atom. The highest BCUT2D eigenvalue weighted by molar-refractivity contribution is 5.45. The molecule has 1 fully saturated rings. The van der Waals surface area contributed by atoms with Crippen molar-refractivity contribution in [3.8, 4) is 0 Å². The summed E-state index contributed by atoms with van der Waals surface area (Å²) < 4.78 is 5.22. The van der Waals surface area contributed by atoms with Gasteiger partial charge in [0, 0.05) is 20.2 Å². The van der Waals surface area contributed by atoms with Crippen LogP contribution < -0.4 is 10.6 Å². The molecule has 1 atom stereocenters. The third-order valence-corrected chi connectivity index (χ3v) is 3.00. The molecule has 2 N–H and O–H groups in total.